The zero-order chi connectivity index (χ0) is 13.8. The molecule has 2 nitrogen and oxygen atoms in total. The van der Waals surface area contributed by atoms with Gasteiger partial charge in [-0.05, 0) is 56.3 Å². The molecule has 1 atom stereocenters. The van der Waals surface area contributed by atoms with Crippen molar-refractivity contribution >= 4 is 6.08 Å². The zero-order valence-corrected chi connectivity index (χ0v) is 12.2. The van der Waals surface area contributed by atoms with Gasteiger partial charge in [-0.25, -0.2) is 0 Å². The molecule has 1 aromatic carbocycles. The van der Waals surface area contributed by atoms with Crippen LogP contribution in [0.2, 0.25) is 0 Å². The summed E-state index contributed by atoms with van der Waals surface area (Å²) in [4.78, 5) is 0. The Bertz CT molecular complexity index is 509. The van der Waals surface area contributed by atoms with E-state index < -0.39 is 0 Å². The SMILES string of the molecule is COc1ccc(/C=C/C2NCCC3=C2CCCC3)cc1. The molecule has 0 bridgehead atoms. The highest BCUT2D eigenvalue weighted by molar-refractivity contribution is 5.52. The van der Waals surface area contributed by atoms with Crippen LogP contribution >= 0.6 is 0 Å². The van der Waals surface area contributed by atoms with Crippen LogP contribution in [-0.2, 0) is 0 Å². The van der Waals surface area contributed by atoms with Gasteiger partial charge in [-0.1, -0.05) is 35.4 Å². The van der Waals surface area contributed by atoms with E-state index >= 15 is 0 Å². The van der Waals surface area contributed by atoms with Gasteiger partial charge in [-0.3, -0.25) is 0 Å². The van der Waals surface area contributed by atoms with Crippen LogP contribution in [0.1, 0.15) is 37.7 Å². The topological polar surface area (TPSA) is 21.3 Å². The van der Waals surface area contributed by atoms with Crippen LogP contribution < -0.4 is 10.1 Å². The van der Waals surface area contributed by atoms with E-state index in [2.05, 4.69) is 29.6 Å². The van der Waals surface area contributed by atoms with E-state index in [1.807, 2.05) is 12.1 Å². The molecule has 0 spiro atoms. The summed E-state index contributed by atoms with van der Waals surface area (Å²) in [6.45, 7) is 1.12. The van der Waals surface area contributed by atoms with Gasteiger partial charge < -0.3 is 10.1 Å². The van der Waals surface area contributed by atoms with Crippen LogP contribution in [0.25, 0.3) is 6.08 Å². The molecule has 1 N–H and O–H groups in total. The Labute approximate surface area is 121 Å². The maximum atomic E-state index is 5.19. The van der Waals surface area contributed by atoms with Gasteiger partial charge in [-0.15, -0.1) is 0 Å². The molecule has 2 heteroatoms. The molecule has 106 valence electrons. The molecule has 0 amide bonds. The molecule has 2 aliphatic rings. The van der Waals surface area contributed by atoms with E-state index in [4.69, 9.17) is 4.74 Å². The molecule has 1 unspecified atom stereocenters. The second-order valence-electron chi connectivity index (χ2n) is 5.65. The molecule has 0 saturated carbocycles. The summed E-state index contributed by atoms with van der Waals surface area (Å²) in [5, 5.41) is 3.64. The highest BCUT2D eigenvalue weighted by Gasteiger charge is 2.22. The maximum Gasteiger partial charge on any atom is 0.118 e. The molecule has 1 heterocycles. The molecule has 1 aliphatic carbocycles. The third-order valence-corrected chi connectivity index (χ3v) is 4.39. The Morgan fingerprint density at radius 2 is 1.90 bits per heavy atom. The Balaban J connectivity index is 1.74. The molecule has 0 fully saturated rings. The summed E-state index contributed by atoms with van der Waals surface area (Å²) in [6, 6.07) is 8.68. The number of rotatable bonds is 3. The zero-order valence-electron chi connectivity index (χ0n) is 12.2. The first-order valence-corrected chi connectivity index (χ1v) is 7.63. The van der Waals surface area contributed by atoms with Crippen molar-refractivity contribution < 1.29 is 4.74 Å². The van der Waals surface area contributed by atoms with Crippen molar-refractivity contribution in [3.63, 3.8) is 0 Å². The molecular formula is C18H23NO. The average molecular weight is 269 g/mol. The summed E-state index contributed by atoms with van der Waals surface area (Å²) < 4.78 is 5.19. The van der Waals surface area contributed by atoms with E-state index in [9.17, 15) is 0 Å². The van der Waals surface area contributed by atoms with Gasteiger partial charge in [0.25, 0.3) is 0 Å². The molecule has 1 aromatic rings. The van der Waals surface area contributed by atoms with E-state index in [0.717, 1.165) is 12.3 Å². The second-order valence-corrected chi connectivity index (χ2v) is 5.65. The molecule has 3 rings (SSSR count). The lowest BCUT2D eigenvalue weighted by molar-refractivity contribution is 0.415. The van der Waals surface area contributed by atoms with Gasteiger partial charge in [0.15, 0.2) is 0 Å². The fourth-order valence-corrected chi connectivity index (χ4v) is 3.26. The lowest BCUT2D eigenvalue weighted by atomic mass is 9.83. The summed E-state index contributed by atoms with van der Waals surface area (Å²) in [6.07, 6.45) is 11.1. The van der Waals surface area contributed by atoms with Gasteiger partial charge in [0.2, 0.25) is 0 Å². The monoisotopic (exact) mass is 269 g/mol. The molecule has 0 radical (unpaired) electrons. The van der Waals surface area contributed by atoms with Crippen molar-refractivity contribution in [1.82, 2.24) is 5.32 Å². The van der Waals surface area contributed by atoms with Crippen LogP contribution in [0.3, 0.4) is 0 Å². The minimum absolute atomic E-state index is 0.446. The van der Waals surface area contributed by atoms with Crippen LogP contribution in [0, 0.1) is 0 Å². The Hall–Kier alpha value is -1.54. The Morgan fingerprint density at radius 1 is 1.10 bits per heavy atom. The first kappa shape index (κ1) is 13.4. The highest BCUT2D eigenvalue weighted by Crippen LogP contribution is 2.32. The fourth-order valence-electron chi connectivity index (χ4n) is 3.26. The van der Waals surface area contributed by atoms with Crippen LogP contribution in [0.5, 0.6) is 5.75 Å². The summed E-state index contributed by atoms with van der Waals surface area (Å²) in [7, 11) is 1.70. The number of hydrogen-bond donors (Lipinski definition) is 1. The number of methoxy groups -OCH3 is 1. The Morgan fingerprint density at radius 3 is 2.70 bits per heavy atom. The van der Waals surface area contributed by atoms with Crippen molar-refractivity contribution in [2.45, 2.75) is 38.1 Å². The second kappa shape index (κ2) is 6.27. The minimum atomic E-state index is 0.446. The van der Waals surface area contributed by atoms with Crippen molar-refractivity contribution in [1.29, 1.82) is 0 Å². The Kier molecular flexibility index (Phi) is 4.22. The normalized spacial score (nSPS) is 22.9. The number of nitrogens with one attached hydrogen (secondary N) is 1. The van der Waals surface area contributed by atoms with Gasteiger partial charge in [-0.2, -0.15) is 0 Å². The van der Waals surface area contributed by atoms with Crippen molar-refractivity contribution in [2.75, 3.05) is 13.7 Å². The summed E-state index contributed by atoms with van der Waals surface area (Å²) >= 11 is 0. The lowest BCUT2D eigenvalue weighted by Crippen LogP contribution is -2.36. The van der Waals surface area contributed by atoms with E-state index in [-0.39, 0.29) is 0 Å². The number of benzene rings is 1. The van der Waals surface area contributed by atoms with Crippen molar-refractivity contribution in [3.05, 3.63) is 47.1 Å². The van der Waals surface area contributed by atoms with E-state index in [1.165, 1.54) is 37.7 Å². The minimum Gasteiger partial charge on any atom is -0.497 e. The van der Waals surface area contributed by atoms with E-state index in [1.54, 1.807) is 18.3 Å². The third-order valence-electron chi connectivity index (χ3n) is 4.39. The van der Waals surface area contributed by atoms with Crippen molar-refractivity contribution in [2.24, 2.45) is 0 Å². The fraction of sp³-hybridized carbons (Fsp3) is 0.444. The molecule has 20 heavy (non-hydrogen) atoms. The third kappa shape index (κ3) is 2.96. The molecule has 0 saturated heterocycles. The lowest BCUT2D eigenvalue weighted by Gasteiger charge is -2.31. The quantitative estimate of drug-likeness (QED) is 0.839. The smallest absolute Gasteiger partial charge is 0.118 e. The van der Waals surface area contributed by atoms with Gasteiger partial charge >= 0.3 is 0 Å². The molecule has 0 aromatic heterocycles. The van der Waals surface area contributed by atoms with Gasteiger partial charge in [0.05, 0.1) is 7.11 Å². The van der Waals surface area contributed by atoms with Crippen LogP contribution in [-0.4, -0.2) is 19.7 Å². The molecule has 1 aliphatic heterocycles. The predicted octanol–water partition coefficient (Wildman–Crippen LogP) is 3.94. The number of hydrogen-bond acceptors (Lipinski definition) is 2. The number of ether oxygens (including phenoxy) is 1. The molecular weight excluding hydrogens is 246 g/mol. The van der Waals surface area contributed by atoms with Crippen LogP contribution in [0.4, 0.5) is 0 Å². The maximum absolute atomic E-state index is 5.19. The standard InChI is InChI=1S/C18H23NO/c1-20-16-9-6-14(7-10-16)8-11-18-17-5-3-2-4-15(17)12-13-19-18/h6-11,18-19H,2-5,12-13H2,1H3/b11-8+. The average Bonchev–Trinajstić information content (AvgIpc) is 2.53. The van der Waals surface area contributed by atoms with E-state index in [0.29, 0.717) is 6.04 Å². The predicted molar refractivity (Wildman–Crippen MR) is 83.9 cm³/mol. The van der Waals surface area contributed by atoms with Gasteiger partial charge in [0.1, 0.15) is 5.75 Å². The van der Waals surface area contributed by atoms with Crippen molar-refractivity contribution in [3.8, 4) is 5.75 Å². The van der Waals surface area contributed by atoms with Crippen LogP contribution in [0.15, 0.2) is 41.5 Å². The first-order valence-electron chi connectivity index (χ1n) is 7.63. The summed E-state index contributed by atoms with van der Waals surface area (Å²) in [5.74, 6) is 0.912. The first-order chi connectivity index (χ1) is 9.86. The highest BCUT2D eigenvalue weighted by atomic mass is 16.5. The largest absolute Gasteiger partial charge is 0.497 e. The van der Waals surface area contributed by atoms with Gasteiger partial charge in [0, 0.05) is 6.04 Å². The summed E-state index contributed by atoms with van der Waals surface area (Å²) in [5.41, 5.74) is 4.61.